The zero-order valence-electron chi connectivity index (χ0n) is 14.4. The maximum Gasteiger partial charge on any atom is 0.137 e. The van der Waals surface area contributed by atoms with Crippen molar-refractivity contribution >= 4 is 11.6 Å². The maximum absolute atomic E-state index is 12.8. The highest BCUT2D eigenvalue weighted by Gasteiger charge is 2.48. The van der Waals surface area contributed by atoms with Crippen LogP contribution >= 0.6 is 0 Å². The van der Waals surface area contributed by atoms with Crippen LogP contribution in [0.4, 0.5) is 0 Å². The third-order valence-corrected chi connectivity index (χ3v) is 6.44. The summed E-state index contributed by atoms with van der Waals surface area (Å²) in [6.45, 7) is 10.8. The van der Waals surface area contributed by atoms with E-state index < -0.39 is 0 Å². The van der Waals surface area contributed by atoms with Gasteiger partial charge in [0.2, 0.25) is 0 Å². The van der Waals surface area contributed by atoms with E-state index in [0.29, 0.717) is 30.5 Å². The van der Waals surface area contributed by atoms with Crippen molar-refractivity contribution < 1.29 is 9.59 Å². The Morgan fingerprint density at radius 3 is 2.52 bits per heavy atom. The fourth-order valence-corrected chi connectivity index (χ4v) is 5.09. The van der Waals surface area contributed by atoms with Gasteiger partial charge in [-0.1, -0.05) is 27.7 Å². The zero-order chi connectivity index (χ0) is 15.8. The molecule has 0 unspecified atom stereocenters. The van der Waals surface area contributed by atoms with Gasteiger partial charge in [-0.3, -0.25) is 4.79 Å². The van der Waals surface area contributed by atoms with Gasteiger partial charge >= 0.3 is 0 Å². The van der Waals surface area contributed by atoms with Crippen molar-refractivity contribution in [2.45, 2.75) is 73.1 Å². The fraction of sp³-hybridized carbons (Fsp3) is 0.895. The van der Waals surface area contributed by atoms with Gasteiger partial charge in [0.05, 0.1) is 0 Å². The molecule has 0 N–H and O–H groups in total. The van der Waals surface area contributed by atoms with E-state index in [4.69, 9.17) is 0 Å². The molecule has 21 heavy (non-hydrogen) atoms. The lowest BCUT2D eigenvalue weighted by Gasteiger charge is -2.40. The SMILES string of the molecule is CC(=O)C[C@@H]1C(=O)C[C@]2(C)CC[C@@H](C(C)C)[C@H]2CC[C@H]1C. The highest BCUT2D eigenvalue weighted by atomic mass is 16.1. The standard InChI is InChI=1S/C19H32O2/c1-12(2)15-8-9-19(5)11-18(21)16(10-14(4)20)13(3)6-7-17(15)19/h12-13,15-17H,6-11H2,1-5H3/t13-,15+,16+,17-,19+/m1/s1. The Hall–Kier alpha value is -0.660. The maximum atomic E-state index is 12.8. The molecule has 0 amide bonds. The molecule has 2 saturated carbocycles. The van der Waals surface area contributed by atoms with Crippen LogP contribution in [0.25, 0.3) is 0 Å². The number of rotatable bonds is 3. The van der Waals surface area contributed by atoms with Crippen LogP contribution < -0.4 is 0 Å². The summed E-state index contributed by atoms with van der Waals surface area (Å²) >= 11 is 0. The topological polar surface area (TPSA) is 34.1 Å². The number of Topliss-reactive ketones (excluding diaryl/α,β-unsaturated/α-hetero) is 2. The first-order chi connectivity index (χ1) is 9.74. The summed E-state index contributed by atoms with van der Waals surface area (Å²) < 4.78 is 0. The van der Waals surface area contributed by atoms with E-state index in [-0.39, 0.29) is 17.1 Å². The van der Waals surface area contributed by atoms with Crippen LogP contribution in [-0.2, 0) is 9.59 Å². The first kappa shape index (κ1) is 16.7. The second-order valence-electron chi connectivity index (χ2n) is 8.42. The first-order valence-corrected chi connectivity index (χ1v) is 8.76. The van der Waals surface area contributed by atoms with E-state index in [1.165, 1.54) is 19.3 Å². The predicted molar refractivity (Wildman–Crippen MR) is 86.0 cm³/mol. The summed E-state index contributed by atoms with van der Waals surface area (Å²) in [5, 5.41) is 0. The molecule has 0 bridgehead atoms. The van der Waals surface area contributed by atoms with Gasteiger partial charge in [-0.05, 0) is 61.7 Å². The van der Waals surface area contributed by atoms with Gasteiger partial charge in [0.15, 0.2) is 0 Å². The Morgan fingerprint density at radius 1 is 1.29 bits per heavy atom. The summed E-state index contributed by atoms with van der Waals surface area (Å²) in [7, 11) is 0. The van der Waals surface area contributed by atoms with E-state index in [9.17, 15) is 9.59 Å². The van der Waals surface area contributed by atoms with Crippen molar-refractivity contribution in [1.29, 1.82) is 0 Å². The lowest BCUT2D eigenvalue weighted by atomic mass is 9.64. The molecule has 2 rings (SSSR count). The molecule has 0 saturated heterocycles. The number of hydrogen-bond acceptors (Lipinski definition) is 2. The molecule has 120 valence electrons. The number of fused-ring (bicyclic) bond motifs is 1. The lowest BCUT2D eigenvalue weighted by Crippen LogP contribution is -2.37. The van der Waals surface area contributed by atoms with Crippen molar-refractivity contribution in [1.82, 2.24) is 0 Å². The summed E-state index contributed by atoms with van der Waals surface area (Å²) in [5.41, 5.74) is 0.182. The zero-order valence-corrected chi connectivity index (χ0v) is 14.4. The van der Waals surface area contributed by atoms with Crippen molar-refractivity contribution in [3.05, 3.63) is 0 Å². The van der Waals surface area contributed by atoms with Gasteiger partial charge in [-0.15, -0.1) is 0 Å². The van der Waals surface area contributed by atoms with Crippen LogP contribution in [0, 0.1) is 35.0 Å². The molecular formula is C19H32O2. The third kappa shape index (κ3) is 3.40. The monoisotopic (exact) mass is 292 g/mol. The van der Waals surface area contributed by atoms with Crippen molar-refractivity contribution in [2.75, 3.05) is 0 Å². The molecule has 0 spiro atoms. The quantitative estimate of drug-likeness (QED) is 0.758. The Bertz CT molecular complexity index is 412. The molecule has 2 aliphatic rings. The summed E-state index contributed by atoms with van der Waals surface area (Å²) in [5.74, 6) is 3.04. The van der Waals surface area contributed by atoms with Crippen LogP contribution in [0.5, 0.6) is 0 Å². The molecule has 2 aliphatic carbocycles. The van der Waals surface area contributed by atoms with E-state index in [0.717, 1.165) is 18.3 Å². The van der Waals surface area contributed by atoms with Crippen LogP contribution in [0.3, 0.4) is 0 Å². The molecule has 0 heterocycles. The molecular weight excluding hydrogens is 260 g/mol. The third-order valence-electron chi connectivity index (χ3n) is 6.44. The van der Waals surface area contributed by atoms with E-state index in [1.807, 2.05) is 0 Å². The van der Waals surface area contributed by atoms with Crippen molar-refractivity contribution in [2.24, 2.45) is 35.0 Å². The smallest absolute Gasteiger partial charge is 0.137 e. The largest absolute Gasteiger partial charge is 0.300 e. The van der Waals surface area contributed by atoms with Crippen LogP contribution in [0.1, 0.15) is 73.1 Å². The highest BCUT2D eigenvalue weighted by Crippen LogP contribution is 2.55. The van der Waals surface area contributed by atoms with E-state index in [1.54, 1.807) is 6.92 Å². The van der Waals surface area contributed by atoms with Crippen LogP contribution in [-0.4, -0.2) is 11.6 Å². The summed E-state index contributed by atoms with van der Waals surface area (Å²) in [6, 6.07) is 0. The minimum absolute atomic E-state index is 0.0293. The molecule has 2 heteroatoms. The average molecular weight is 292 g/mol. The second-order valence-corrected chi connectivity index (χ2v) is 8.42. The molecule has 0 radical (unpaired) electrons. The molecule has 0 aliphatic heterocycles. The minimum Gasteiger partial charge on any atom is -0.300 e. The van der Waals surface area contributed by atoms with Gasteiger partial charge in [-0.25, -0.2) is 0 Å². The molecule has 0 aromatic heterocycles. The van der Waals surface area contributed by atoms with E-state index in [2.05, 4.69) is 27.7 Å². The summed E-state index contributed by atoms with van der Waals surface area (Å²) in [6.07, 6.45) is 5.96. The highest BCUT2D eigenvalue weighted by molar-refractivity contribution is 5.87. The van der Waals surface area contributed by atoms with Crippen molar-refractivity contribution in [3.63, 3.8) is 0 Å². The van der Waals surface area contributed by atoms with Gasteiger partial charge < -0.3 is 4.79 Å². The predicted octanol–water partition coefficient (Wildman–Crippen LogP) is 4.66. The van der Waals surface area contributed by atoms with Crippen molar-refractivity contribution in [3.8, 4) is 0 Å². The second kappa shape index (κ2) is 6.22. The Labute approximate surface area is 130 Å². The molecule has 0 aromatic rings. The number of carbonyl (C=O) groups excluding carboxylic acids is 2. The Balaban J connectivity index is 2.20. The fourth-order valence-electron chi connectivity index (χ4n) is 5.09. The van der Waals surface area contributed by atoms with Gasteiger partial charge in [0.25, 0.3) is 0 Å². The molecule has 2 nitrogen and oxygen atoms in total. The van der Waals surface area contributed by atoms with Crippen LogP contribution in [0.15, 0.2) is 0 Å². The minimum atomic E-state index is -0.0293. The number of carbonyl (C=O) groups is 2. The number of ketones is 2. The Morgan fingerprint density at radius 2 is 1.95 bits per heavy atom. The Kier molecular flexibility index (Phi) is 4.95. The molecule has 2 fully saturated rings. The van der Waals surface area contributed by atoms with Gasteiger partial charge in [0.1, 0.15) is 11.6 Å². The average Bonchev–Trinajstić information content (AvgIpc) is 2.68. The summed E-state index contributed by atoms with van der Waals surface area (Å²) in [4.78, 5) is 24.3. The molecule has 5 atom stereocenters. The lowest BCUT2D eigenvalue weighted by molar-refractivity contribution is -0.132. The van der Waals surface area contributed by atoms with Gasteiger partial charge in [0, 0.05) is 18.8 Å². The normalized spacial score (nSPS) is 40.8. The number of hydrogen-bond donors (Lipinski definition) is 0. The van der Waals surface area contributed by atoms with Crippen LogP contribution in [0.2, 0.25) is 0 Å². The first-order valence-electron chi connectivity index (χ1n) is 8.76. The van der Waals surface area contributed by atoms with E-state index >= 15 is 0 Å². The van der Waals surface area contributed by atoms with Gasteiger partial charge in [-0.2, -0.15) is 0 Å². The molecule has 0 aromatic carbocycles.